The second-order valence-electron chi connectivity index (χ2n) is 10.1. The zero-order valence-corrected chi connectivity index (χ0v) is 23.0. The van der Waals surface area contributed by atoms with Crippen LogP contribution in [-0.2, 0) is 14.9 Å². The molecule has 1 atom stereocenters. The Morgan fingerprint density at radius 1 is 1.18 bits per heavy atom. The van der Waals surface area contributed by atoms with Crippen LogP contribution in [0.25, 0.3) is 0 Å². The minimum absolute atomic E-state index is 0.123. The average molecular weight is 569 g/mol. The molecule has 3 aromatic rings. The second-order valence-corrected chi connectivity index (χ2v) is 10.5. The zero-order valence-electron chi connectivity index (χ0n) is 22.2. The number of amides is 1. The van der Waals surface area contributed by atoms with Gasteiger partial charge in [0.15, 0.2) is 0 Å². The molecule has 210 valence electrons. The highest BCUT2D eigenvalue weighted by Crippen LogP contribution is 2.38. The number of carboxylic acid groups (broad SMARTS) is 1. The number of aliphatic carboxylic acids is 1. The summed E-state index contributed by atoms with van der Waals surface area (Å²) in [6.45, 7) is 3.22. The predicted octanol–water partition coefficient (Wildman–Crippen LogP) is 5.45. The molecule has 10 heteroatoms. The number of likely N-dealkylation sites (N-methyl/N-ethyl adjacent to an activating group) is 1. The maximum absolute atomic E-state index is 14.7. The van der Waals surface area contributed by atoms with Gasteiger partial charge in [0, 0.05) is 25.8 Å². The first kappa shape index (κ1) is 27.7. The lowest BCUT2D eigenvalue weighted by molar-refractivity contribution is -0.147. The third-order valence-corrected chi connectivity index (χ3v) is 8.06. The van der Waals surface area contributed by atoms with Gasteiger partial charge >= 0.3 is 5.97 Å². The summed E-state index contributed by atoms with van der Waals surface area (Å²) in [6.07, 6.45) is 0.298. The van der Waals surface area contributed by atoms with Gasteiger partial charge in [-0.15, -0.1) is 0 Å². The van der Waals surface area contributed by atoms with E-state index < -0.39 is 23.1 Å². The highest BCUT2D eigenvalue weighted by molar-refractivity contribution is 6.35. The van der Waals surface area contributed by atoms with Crippen LogP contribution in [0.2, 0.25) is 5.02 Å². The van der Waals surface area contributed by atoms with Gasteiger partial charge in [0.25, 0.3) is 5.91 Å². The molecule has 0 aromatic heterocycles. The Morgan fingerprint density at radius 2 is 1.93 bits per heavy atom. The van der Waals surface area contributed by atoms with E-state index in [1.54, 1.807) is 13.0 Å². The van der Waals surface area contributed by atoms with E-state index in [4.69, 9.17) is 25.8 Å². The first-order chi connectivity index (χ1) is 19.2. The quantitative estimate of drug-likeness (QED) is 0.391. The Morgan fingerprint density at radius 3 is 2.67 bits per heavy atom. The molecule has 0 radical (unpaired) electrons. The molecule has 1 fully saturated rings. The Hall–Kier alpha value is -3.82. The molecule has 5 rings (SSSR count). The summed E-state index contributed by atoms with van der Waals surface area (Å²) in [7, 11) is 1.99. The van der Waals surface area contributed by atoms with Crippen molar-refractivity contribution in [1.82, 2.24) is 0 Å². The third kappa shape index (κ3) is 5.31. The number of hydrogen-bond donors (Lipinski definition) is 2. The number of benzene rings is 3. The number of anilines is 2. The topological polar surface area (TPSA) is 97.3 Å². The van der Waals surface area contributed by atoms with Crippen LogP contribution in [0.15, 0.2) is 54.6 Å². The number of halogens is 2. The van der Waals surface area contributed by atoms with E-state index >= 15 is 0 Å². The van der Waals surface area contributed by atoms with E-state index in [2.05, 4.69) is 10.2 Å². The maximum Gasteiger partial charge on any atom is 0.314 e. The molecule has 0 unspecified atom stereocenters. The number of para-hydroxylation sites is 2. The molecule has 3 aromatic carbocycles. The summed E-state index contributed by atoms with van der Waals surface area (Å²) >= 11 is 6.56. The summed E-state index contributed by atoms with van der Waals surface area (Å²) in [6, 6.07) is 14.9. The maximum atomic E-state index is 14.7. The number of hydrogen-bond acceptors (Lipinski definition) is 6. The van der Waals surface area contributed by atoms with E-state index in [1.165, 1.54) is 18.2 Å². The van der Waals surface area contributed by atoms with Crippen LogP contribution < -0.4 is 19.7 Å². The molecule has 2 heterocycles. The normalized spacial score (nSPS) is 17.9. The lowest BCUT2D eigenvalue weighted by Gasteiger charge is -2.33. The van der Waals surface area contributed by atoms with Gasteiger partial charge in [0.2, 0.25) is 0 Å². The predicted molar refractivity (Wildman–Crippen MR) is 150 cm³/mol. The molecule has 2 aliphatic rings. The Labute approximate surface area is 236 Å². The van der Waals surface area contributed by atoms with Crippen LogP contribution in [0.3, 0.4) is 0 Å². The Kier molecular flexibility index (Phi) is 7.87. The summed E-state index contributed by atoms with van der Waals surface area (Å²) in [5.41, 5.74) is 0.781. The summed E-state index contributed by atoms with van der Waals surface area (Å²) in [5, 5.41) is 12.7. The molecule has 8 nitrogen and oxygen atoms in total. The lowest BCUT2D eigenvalue weighted by Crippen LogP contribution is -2.41. The van der Waals surface area contributed by atoms with Gasteiger partial charge < -0.3 is 29.5 Å². The van der Waals surface area contributed by atoms with E-state index in [9.17, 15) is 19.1 Å². The van der Waals surface area contributed by atoms with Crippen molar-refractivity contribution in [3.63, 3.8) is 0 Å². The van der Waals surface area contributed by atoms with Crippen LogP contribution in [0.5, 0.6) is 11.5 Å². The van der Waals surface area contributed by atoms with Crippen molar-refractivity contribution >= 4 is 34.9 Å². The Balaban J connectivity index is 1.30. The summed E-state index contributed by atoms with van der Waals surface area (Å²) in [4.78, 5) is 27.4. The van der Waals surface area contributed by atoms with Crippen LogP contribution in [-0.4, -0.2) is 56.5 Å². The van der Waals surface area contributed by atoms with E-state index in [0.717, 1.165) is 17.5 Å². The number of ether oxygens (including phenoxy) is 3. The number of carbonyl (C=O) groups excluding carboxylic acids is 1. The fourth-order valence-corrected chi connectivity index (χ4v) is 5.46. The van der Waals surface area contributed by atoms with Gasteiger partial charge in [-0.05, 0) is 61.7 Å². The van der Waals surface area contributed by atoms with Gasteiger partial charge in [-0.1, -0.05) is 29.8 Å². The molecule has 1 amide bonds. The van der Waals surface area contributed by atoms with Crippen molar-refractivity contribution in [2.24, 2.45) is 0 Å². The van der Waals surface area contributed by atoms with E-state index in [-0.39, 0.29) is 55.0 Å². The SMILES string of the molecule is Cc1c(OC[C@@H]2CN(C)c3ccccc3O2)ccc(C(=O)Nc2cc(C3(C(=O)O)CCOCC3)ccc2F)c1Cl. The standard InChI is InChI=1S/C30H30ClFN2O6/c1-18-25(39-17-20-16-34(2)24-5-3-4-6-26(24)40-20)10-8-21(27(18)31)28(35)33-23-15-19(7-9-22(23)32)30(29(36)37)11-13-38-14-12-30/h3-10,15,20H,11-14,16-17H2,1-2H3,(H,33,35)(H,36,37)/t20-/m0/s1. The average Bonchev–Trinajstić information content (AvgIpc) is 2.95. The van der Waals surface area contributed by atoms with Crippen molar-refractivity contribution in [2.75, 3.05) is 43.6 Å². The molecule has 0 aliphatic carbocycles. The van der Waals surface area contributed by atoms with E-state index in [0.29, 0.717) is 23.4 Å². The van der Waals surface area contributed by atoms with Crippen LogP contribution in [0.4, 0.5) is 15.8 Å². The molecule has 2 N–H and O–H groups in total. The number of nitrogens with one attached hydrogen (secondary N) is 1. The van der Waals surface area contributed by atoms with Crippen molar-refractivity contribution in [2.45, 2.75) is 31.3 Å². The van der Waals surface area contributed by atoms with Gasteiger partial charge in [0.05, 0.1) is 33.9 Å². The number of rotatable bonds is 7. The molecular formula is C30H30ClFN2O6. The number of nitrogens with zero attached hydrogens (tertiary/aromatic N) is 1. The van der Waals surface area contributed by atoms with Crippen molar-refractivity contribution < 1.29 is 33.3 Å². The third-order valence-electron chi connectivity index (χ3n) is 7.58. The highest BCUT2D eigenvalue weighted by atomic mass is 35.5. The fraction of sp³-hybridized carbons (Fsp3) is 0.333. The van der Waals surface area contributed by atoms with Gasteiger partial charge in [-0.2, -0.15) is 0 Å². The minimum Gasteiger partial charge on any atom is -0.489 e. The monoisotopic (exact) mass is 568 g/mol. The lowest BCUT2D eigenvalue weighted by atomic mass is 9.74. The minimum atomic E-state index is -1.21. The zero-order chi connectivity index (χ0) is 28.4. The van der Waals surface area contributed by atoms with Crippen LogP contribution in [0.1, 0.15) is 34.3 Å². The van der Waals surface area contributed by atoms with Gasteiger partial charge in [-0.3, -0.25) is 9.59 Å². The number of carboxylic acids is 1. The largest absolute Gasteiger partial charge is 0.489 e. The van der Waals surface area contributed by atoms with Gasteiger partial charge in [-0.25, -0.2) is 4.39 Å². The number of carbonyl (C=O) groups is 2. The van der Waals surface area contributed by atoms with Crippen LogP contribution in [0, 0.1) is 12.7 Å². The highest BCUT2D eigenvalue weighted by Gasteiger charge is 2.42. The second kappa shape index (κ2) is 11.3. The van der Waals surface area contributed by atoms with Gasteiger partial charge in [0.1, 0.15) is 30.0 Å². The molecule has 0 bridgehead atoms. The first-order valence-electron chi connectivity index (χ1n) is 13.0. The molecular weight excluding hydrogens is 539 g/mol. The summed E-state index contributed by atoms with van der Waals surface area (Å²) in [5.74, 6) is -1.03. The molecule has 1 saturated heterocycles. The van der Waals surface area contributed by atoms with Crippen molar-refractivity contribution in [3.05, 3.63) is 82.1 Å². The molecule has 0 saturated carbocycles. The Bertz CT molecular complexity index is 1440. The van der Waals surface area contributed by atoms with Crippen molar-refractivity contribution in [3.8, 4) is 11.5 Å². The molecule has 40 heavy (non-hydrogen) atoms. The number of fused-ring (bicyclic) bond motifs is 1. The smallest absolute Gasteiger partial charge is 0.314 e. The van der Waals surface area contributed by atoms with E-state index in [1.807, 2.05) is 31.3 Å². The molecule has 0 spiro atoms. The van der Waals surface area contributed by atoms with Crippen LogP contribution >= 0.6 is 11.6 Å². The fourth-order valence-electron chi connectivity index (χ4n) is 5.22. The van der Waals surface area contributed by atoms with Crippen molar-refractivity contribution in [1.29, 1.82) is 0 Å². The summed E-state index contributed by atoms with van der Waals surface area (Å²) < 4.78 is 32.1. The molecule has 2 aliphatic heterocycles. The first-order valence-corrected chi connectivity index (χ1v) is 13.4.